The number of rotatable bonds is 4. The van der Waals surface area contributed by atoms with Crippen molar-refractivity contribution in [3.05, 3.63) is 48.0 Å². The zero-order chi connectivity index (χ0) is 17.6. The number of amides is 1. The van der Waals surface area contributed by atoms with Gasteiger partial charge in [0.25, 0.3) is 0 Å². The standard InChI is InChI=1S/C18H23N3O4/c22-16-9-10-17(23)21(16)25-18(24)19-15-8-4-5-11-20(13-15)12-14-6-2-1-3-7-14/h1-3,6-7,9-10,15,22-23H,4-5,8,11-13H2,(H,19,24)/t15-/m0/s1. The van der Waals surface area contributed by atoms with E-state index >= 15 is 0 Å². The summed E-state index contributed by atoms with van der Waals surface area (Å²) in [5.41, 5.74) is 1.24. The minimum Gasteiger partial charge on any atom is -0.492 e. The summed E-state index contributed by atoms with van der Waals surface area (Å²) in [4.78, 5) is 19.3. The fraction of sp³-hybridized carbons (Fsp3) is 0.389. The predicted molar refractivity (Wildman–Crippen MR) is 92.2 cm³/mol. The lowest BCUT2D eigenvalue weighted by atomic mass is 10.1. The van der Waals surface area contributed by atoms with E-state index in [9.17, 15) is 15.0 Å². The molecule has 0 aliphatic carbocycles. The molecule has 25 heavy (non-hydrogen) atoms. The Morgan fingerprint density at radius 1 is 1.12 bits per heavy atom. The summed E-state index contributed by atoms with van der Waals surface area (Å²) in [7, 11) is 0. The number of hydrogen-bond acceptors (Lipinski definition) is 5. The lowest BCUT2D eigenvalue weighted by Gasteiger charge is -2.24. The van der Waals surface area contributed by atoms with E-state index in [2.05, 4.69) is 22.3 Å². The summed E-state index contributed by atoms with van der Waals surface area (Å²) >= 11 is 0. The number of nitrogens with zero attached hydrogens (tertiary/aromatic N) is 2. The van der Waals surface area contributed by atoms with Crippen molar-refractivity contribution in [1.29, 1.82) is 0 Å². The Bertz CT molecular complexity index is 682. The van der Waals surface area contributed by atoms with E-state index in [0.717, 1.165) is 38.9 Å². The van der Waals surface area contributed by atoms with E-state index in [0.29, 0.717) is 4.73 Å². The van der Waals surface area contributed by atoms with E-state index < -0.39 is 6.09 Å². The van der Waals surface area contributed by atoms with Crippen molar-refractivity contribution in [1.82, 2.24) is 14.9 Å². The second kappa shape index (κ2) is 7.94. The molecule has 1 aliphatic heterocycles. The second-order valence-electron chi connectivity index (χ2n) is 6.28. The Morgan fingerprint density at radius 2 is 1.84 bits per heavy atom. The van der Waals surface area contributed by atoms with Crippen LogP contribution < -0.4 is 10.2 Å². The van der Waals surface area contributed by atoms with Crippen molar-refractivity contribution in [3.63, 3.8) is 0 Å². The maximum Gasteiger partial charge on any atom is 0.432 e. The number of carbonyl (C=O) groups is 1. The van der Waals surface area contributed by atoms with E-state index in [1.165, 1.54) is 17.7 Å². The highest BCUT2D eigenvalue weighted by atomic mass is 16.7. The van der Waals surface area contributed by atoms with Crippen molar-refractivity contribution in [2.45, 2.75) is 31.8 Å². The topological polar surface area (TPSA) is 87.0 Å². The average Bonchev–Trinajstić information content (AvgIpc) is 2.79. The molecular formula is C18H23N3O4. The maximum atomic E-state index is 12.1. The molecule has 0 saturated carbocycles. The first-order valence-corrected chi connectivity index (χ1v) is 8.46. The highest BCUT2D eigenvalue weighted by Gasteiger charge is 2.21. The lowest BCUT2D eigenvalue weighted by molar-refractivity contribution is 0.103. The Hall–Kier alpha value is -2.67. The van der Waals surface area contributed by atoms with Crippen LogP contribution in [0.2, 0.25) is 0 Å². The number of likely N-dealkylation sites (tertiary alicyclic amines) is 1. The van der Waals surface area contributed by atoms with E-state index in [1.807, 2.05) is 18.2 Å². The van der Waals surface area contributed by atoms with Crippen molar-refractivity contribution in [2.24, 2.45) is 0 Å². The number of benzene rings is 1. The largest absolute Gasteiger partial charge is 0.492 e. The summed E-state index contributed by atoms with van der Waals surface area (Å²) < 4.78 is 0.688. The monoisotopic (exact) mass is 345 g/mol. The van der Waals surface area contributed by atoms with Gasteiger partial charge in [-0.2, -0.15) is 0 Å². The molecule has 1 saturated heterocycles. The molecule has 1 aromatic carbocycles. The van der Waals surface area contributed by atoms with Gasteiger partial charge in [0.05, 0.1) is 0 Å². The molecule has 0 radical (unpaired) electrons. The third-order valence-corrected chi connectivity index (χ3v) is 4.30. The lowest BCUT2D eigenvalue weighted by Crippen LogP contribution is -2.44. The van der Waals surface area contributed by atoms with Crippen LogP contribution in [0, 0.1) is 0 Å². The third-order valence-electron chi connectivity index (χ3n) is 4.30. The van der Waals surface area contributed by atoms with Crippen LogP contribution >= 0.6 is 0 Å². The molecule has 0 spiro atoms. The molecule has 7 heteroatoms. The molecule has 1 aliphatic rings. The zero-order valence-corrected chi connectivity index (χ0v) is 14.0. The van der Waals surface area contributed by atoms with Gasteiger partial charge in [-0.25, -0.2) is 4.79 Å². The van der Waals surface area contributed by atoms with Gasteiger partial charge in [0.2, 0.25) is 11.8 Å². The smallest absolute Gasteiger partial charge is 0.432 e. The first-order chi connectivity index (χ1) is 12.1. The third kappa shape index (κ3) is 4.67. The highest BCUT2D eigenvalue weighted by molar-refractivity contribution is 5.68. The van der Waals surface area contributed by atoms with Gasteiger partial charge >= 0.3 is 6.09 Å². The molecule has 0 bridgehead atoms. The van der Waals surface area contributed by atoms with Crippen molar-refractivity contribution < 1.29 is 19.8 Å². The van der Waals surface area contributed by atoms with E-state index in [-0.39, 0.29) is 17.8 Å². The van der Waals surface area contributed by atoms with Crippen molar-refractivity contribution >= 4 is 6.09 Å². The highest BCUT2D eigenvalue weighted by Crippen LogP contribution is 2.19. The summed E-state index contributed by atoms with van der Waals surface area (Å²) in [6.07, 6.45) is 2.27. The predicted octanol–water partition coefficient (Wildman–Crippen LogP) is 2.09. The molecule has 134 valence electrons. The molecule has 3 rings (SSSR count). The van der Waals surface area contributed by atoms with Crippen molar-refractivity contribution in [3.8, 4) is 11.8 Å². The van der Waals surface area contributed by atoms with Gasteiger partial charge in [-0.3, -0.25) is 4.90 Å². The zero-order valence-electron chi connectivity index (χ0n) is 14.0. The van der Waals surface area contributed by atoms with Gasteiger partial charge in [-0.1, -0.05) is 36.8 Å². The van der Waals surface area contributed by atoms with Gasteiger partial charge in [0.1, 0.15) is 0 Å². The SMILES string of the molecule is O=C(N[C@H]1CCCCN(Cc2ccccc2)C1)On1c(O)ccc1O. The van der Waals surface area contributed by atoms with Crippen LogP contribution in [0.5, 0.6) is 11.8 Å². The van der Waals surface area contributed by atoms with E-state index in [4.69, 9.17) is 4.84 Å². The maximum absolute atomic E-state index is 12.1. The number of hydrogen-bond donors (Lipinski definition) is 3. The Labute approximate surface area is 146 Å². The van der Waals surface area contributed by atoms with Crippen LogP contribution in [0.3, 0.4) is 0 Å². The van der Waals surface area contributed by atoms with Gasteiger partial charge in [0.15, 0.2) is 0 Å². The molecular weight excluding hydrogens is 322 g/mol. The van der Waals surface area contributed by atoms with Crippen LogP contribution in [0.1, 0.15) is 24.8 Å². The minimum atomic E-state index is -0.701. The van der Waals surface area contributed by atoms with Gasteiger partial charge in [0, 0.05) is 31.3 Å². The number of aromatic nitrogens is 1. The molecule has 2 aromatic rings. The first-order valence-electron chi connectivity index (χ1n) is 8.46. The Kier molecular flexibility index (Phi) is 5.45. The molecule has 7 nitrogen and oxygen atoms in total. The van der Waals surface area contributed by atoms with Gasteiger partial charge < -0.3 is 20.4 Å². The van der Waals surface area contributed by atoms with Crippen LogP contribution in [0.4, 0.5) is 4.79 Å². The molecule has 0 unspecified atom stereocenters. The van der Waals surface area contributed by atoms with Gasteiger partial charge in [-0.15, -0.1) is 4.73 Å². The number of carbonyl (C=O) groups excluding carboxylic acids is 1. The van der Waals surface area contributed by atoms with Crippen molar-refractivity contribution in [2.75, 3.05) is 13.1 Å². The minimum absolute atomic E-state index is 0.0430. The molecule has 3 N–H and O–H groups in total. The summed E-state index contributed by atoms with van der Waals surface area (Å²) in [6.45, 7) is 2.56. The Balaban J connectivity index is 1.56. The molecule has 1 fully saturated rings. The molecule has 2 heterocycles. The molecule has 1 aromatic heterocycles. The summed E-state index contributed by atoms with van der Waals surface area (Å²) in [5.74, 6) is -0.668. The average molecular weight is 345 g/mol. The molecule has 1 atom stereocenters. The van der Waals surface area contributed by atoms with Crippen LogP contribution in [0.15, 0.2) is 42.5 Å². The van der Waals surface area contributed by atoms with E-state index in [1.54, 1.807) is 0 Å². The fourth-order valence-electron chi connectivity index (χ4n) is 3.09. The number of aromatic hydroxyl groups is 2. The fourth-order valence-corrected chi connectivity index (χ4v) is 3.09. The van der Waals surface area contributed by atoms with Crippen LogP contribution in [0.25, 0.3) is 0 Å². The van der Waals surface area contributed by atoms with Crippen LogP contribution in [-0.4, -0.2) is 45.1 Å². The first kappa shape index (κ1) is 17.2. The Morgan fingerprint density at radius 3 is 2.56 bits per heavy atom. The normalized spacial score (nSPS) is 18.5. The molecule has 1 amide bonds. The number of nitrogens with one attached hydrogen (secondary N) is 1. The summed E-state index contributed by atoms with van der Waals surface area (Å²) in [5, 5.41) is 21.9. The van der Waals surface area contributed by atoms with Gasteiger partial charge in [-0.05, 0) is 24.9 Å². The second-order valence-corrected chi connectivity index (χ2v) is 6.28. The quantitative estimate of drug-likeness (QED) is 0.790. The summed E-state index contributed by atoms with van der Waals surface area (Å²) in [6, 6.07) is 12.7. The van der Waals surface area contributed by atoms with Crippen LogP contribution in [-0.2, 0) is 6.54 Å².